The molecule has 1 aliphatic carbocycles. The van der Waals surface area contributed by atoms with E-state index in [1.165, 1.54) is 69.3 Å². The molecule has 4 aromatic rings. The number of anilines is 2. The van der Waals surface area contributed by atoms with Gasteiger partial charge in [0.1, 0.15) is 5.82 Å². The van der Waals surface area contributed by atoms with Gasteiger partial charge in [0, 0.05) is 48.7 Å². The average Bonchev–Trinajstić information content (AvgIpc) is 3.57. The van der Waals surface area contributed by atoms with Crippen LogP contribution in [0.3, 0.4) is 0 Å². The first kappa shape index (κ1) is 21.5. The van der Waals surface area contributed by atoms with Crippen LogP contribution in [0.15, 0.2) is 54.0 Å². The molecule has 1 aliphatic heterocycles. The van der Waals surface area contributed by atoms with E-state index in [2.05, 4.69) is 57.0 Å². The molecule has 0 radical (unpaired) electrons. The number of nitrogens with zero attached hydrogens (tertiary/aromatic N) is 4. The molecule has 2 aliphatic rings. The van der Waals surface area contributed by atoms with Crippen LogP contribution >= 0.6 is 11.3 Å². The van der Waals surface area contributed by atoms with E-state index in [-0.39, 0.29) is 0 Å². The molecule has 1 N–H and O–H groups in total. The van der Waals surface area contributed by atoms with Crippen molar-refractivity contribution in [1.82, 2.24) is 15.0 Å². The maximum atomic E-state index is 4.97. The molecule has 3 aromatic heterocycles. The van der Waals surface area contributed by atoms with Crippen LogP contribution < -0.4 is 10.2 Å². The van der Waals surface area contributed by atoms with Crippen molar-refractivity contribution >= 4 is 33.1 Å². The van der Waals surface area contributed by atoms with Gasteiger partial charge in [0.2, 0.25) is 0 Å². The lowest BCUT2D eigenvalue weighted by Gasteiger charge is -2.28. The first-order chi connectivity index (χ1) is 16.8. The summed E-state index contributed by atoms with van der Waals surface area (Å²) in [5.74, 6) is 1.75. The first-order valence-electron chi connectivity index (χ1n) is 12.6. The summed E-state index contributed by atoms with van der Waals surface area (Å²) in [5, 5.41) is 5.81. The van der Waals surface area contributed by atoms with E-state index in [1.54, 1.807) is 11.3 Å². The molecular weight excluding hydrogens is 438 g/mol. The van der Waals surface area contributed by atoms with Crippen LogP contribution in [0.1, 0.15) is 56.2 Å². The Labute approximate surface area is 205 Å². The van der Waals surface area contributed by atoms with Gasteiger partial charge in [-0.3, -0.25) is 4.98 Å². The van der Waals surface area contributed by atoms with Crippen LogP contribution in [0.5, 0.6) is 0 Å². The molecule has 4 heterocycles. The Balaban J connectivity index is 1.23. The number of nitrogens with one attached hydrogen (secondary N) is 1. The van der Waals surface area contributed by atoms with Crippen molar-refractivity contribution in [3.05, 3.63) is 65.3 Å². The van der Waals surface area contributed by atoms with Gasteiger partial charge < -0.3 is 10.2 Å². The molecule has 1 saturated carbocycles. The number of rotatable bonds is 6. The van der Waals surface area contributed by atoms with E-state index < -0.39 is 0 Å². The minimum Gasteiger partial charge on any atom is -0.372 e. The second-order valence-electron chi connectivity index (χ2n) is 9.58. The maximum absolute atomic E-state index is 4.97. The lowest BCUT2D eigenvalue weighted by molar-refractivity contribution is 0.578. The monoisotopic (exact) mass is 469 g/mol. The standard InChI is InChI=1S/C28H31N5S/c1-4-15-33(16-5-1)24-10-8-20(9-11-24)18-23-19-21(12-14-29-23)27-31-25-13-17-34-26(25)28(32-27)30-22-6-2-3-7-22/h8-14,17,19,22H,1-7,15-16,18H2,(H,30,31,32). The van der Waals surface area contributed by atoms with Crippen LogP contribution in [-0.4, -0.2) is 34.1 Å². The van der Waals surface area contributed by atoms with Crippen LogP contribution in [0, 0.1) is 0 Å². The van der Waals surface area contributed by atoms with Crippen molar-refractivity contribution in [2.75, 3.05) is 23.3 Å². The highest BCUT2D eigenvalue weighted by atomic mass is 32.1. The predicted octanol–water partition coefficient (Wildman–Crippen LogP) is 6.69. The SMILES string of the molecule is c1cc(-c2nc(NC3CCCC3)c3sccc3n2)cc(Cc2ccc(N3CCCCC3)cc2)n1. The summed E-state index contributed by atoms with van der Waals surface area (Å²) in [6.45, 7) is 2.35. The zero-order chi connectivity index (χ0) is 22.7. The lowest BCUT2D eigenvalue weighted by atomic mass is 10.1. The molecule has 0 bridgehead atoms. The molecule has 6 heteroatoms. The van der Waals surface area contributed by atoms with Crippen molar-refractivity contribution in [1.29, 1.82) is 0 Å². The average molecular weight is 470 g/mol. The van der Waals surface area contributed by atoms with E-state index >= 15 is 0 Å². The molecule has 5 nitrogen and oxygen atoms in total. The van der Waals surface area contributed by atoms with Crippen molar-refractivity contribution in [3.8, 4) is 11.4 Å². The van der Waals surface area contributed by atoms with Gasteiger partial charge in [-0.15, -0.1) is 11.3 Å². The number of fused-ring (bicyclic) bond motifs is 1. The minimum atomic E-state index is 0.522. The van der Waals surface area contributed by atoms with E-state index in [4.69, 9.17) is 9.97 Å². The second-order valence-corrected chi connectivity index (χ2v) is 10.5. The third-order valence-corrected chi connectivity index (χ3v) is 8.03. The van der Waals surface area contributed by atoms with Crippen LogP contribution in [0.4, 0.5) is 11.5 Å². The van der Waals surface area contributed by atoms with E-state index in [0.717, 1.165) is 39.5 Å². The van der Waals surface area contributed by atoms with Gasteiger partial charge in [0.15, 0.2) is 5.82 Å². The highest BCUT2D eigenvalue weighted by Crippen LogP contribution is 2.32. The summed E-state index contributed by atoms with van der Waals surface area (Å²) >= 11 is 1.71. The number of benzene rings is 1. The Hall–Kier alpha value is -2.99. The number of hydrogen-bond donors (Lipinski definition) is 1. The van der Waals surface area contributed by atoms with Crippen LogP contribution in [-0.2, 0) is 6.42 Å². The molecular formula is C28H31N5S. The topological polar surface area (TPSA) is 53.9 Å². The summed E-state index contributed by atoms with van der Waals surface area (Å²) in [4.78, 5) is 17.0. The van der Waals surface area contributed by atoms with Crippen LogP contribution in [0.2, 0.25) is 0 Å². The Morgan fingerprint density at radius 2 is 1.74 bits per heavy atom. The summed E-state index contributed by atoms with van der Waals surface area (Å²) < 4.78 is 1.15. The number of pyridine rings is 1. The Morgan fingerprint density at radius 3 is 2.56 bits per heavy atom. The maximum Gasteiger partial charge on any atom is 0.162 e. The molecule has 1 saturated heterocycles. The smallest absolute Gasteiger partial charge is 0.162 e. The van der Waals surface area contributed by atoms with E-state index in [0.29, 0.717) is 6.04 Å². The number of thiophene rings is 1. The molecule has 1 aromatic carbocycles. The predicted molar refractivity (Wildman–Crippen MR) is 142 cm³/mol. The molecule has 34 heavy (non-hydrogen) atoms. The number of aromatic nitrogens is 3. The van der Waals surface area contributed by atoms with Gasteiger partial charge in [-0.05, 0) is 73.4 Å². The molecule has 0 spiro atoms. The van der Waals surface area contributed by atoms with E-state index in [9.17, 15) is 0 Å². The van der Waals surface area contributed by atoms with Gasteiger partial charge in [0.05, 0.1) is 10.2 Å². The molecule has 0 amide bonds. The van der Waals surface area contributed by atoms with Crippen molar-refractivity contribution in [2.24, 2.45) is 0 Å². The quantitative estimate of drug-likeness (QED) is 0.341. The highest BCUT2D eigenvalue weighted by Gasteiger charge is 2.18. The summed E-state index contributed by atoms with van der Waals surface area (Å²) in [7, 11) is 0. The second kappa shape index (κ2) is 9.71. The van der Waals surface area contributed by atoms with Crippen molar-refractivity contribution in [3.63, 3.8) is 0 Å². The fourth-order valence-corrected chi connectivity index (χ4v) is 6.04. The zero-order valence-electron chi connectivity index (χ0n) is 19.5. The van der Waals surface area contributed by atoms with Gasteiger partial charge >= 0.3 is 0 Å². The largest absolute Gasteiger partial charge is 0.372 e. The Kier molecular flexibility index (Phi) is 6.15. The Morgan fingerprint density at radius 1 is 0.912 bits per heavy atom. The lowest BCUT2D eigenvalue weighted by Crippen LogP contribution is -2.29. The zero-order valence-corrected chi connectivity index (χ0v) is 20.4. The third kappa shape index (κ3) is 4.64. The Bertz CT molecular complexity index is 1250. The summed E-state index contributed by atoms with van der Waals surface area (Å²) in [6, 6.07) is 15.8. The van der Waals surface area contributed by atoms with Gasteiger partial charge in [-0.1, -0.05) is 25.0 Å². The molecule has 0 unspecified atom stereocenters. The van der Waals surface area contributed by atoms with Gasteiger partial charge in [-0.25, -0.2) is 9.97 Å². The van der Waals surface area contributed by atoms with Gasteiger partial charge in [-0.2, -0.15) is 0 Å². The minimum absolute atomic E-state index is 0.522. The van der Waals surface area contributed by atoms with E-state index in [1.807, 2.05) is 12.3 Å². The molecule has 0 atom stereocenters. The number of hydrogen-bond acceptors (Lipinski definition) is 6. The normalized spacial score (nSPS) is 16.9. The summed E-state index contributed by atoms with van der Waals surface area (Å²) in [6.07, 6.45) is 11.7. The molecule has 2 fully saturated rings. The first-order valence-corrected chi connectivity index (χ1v) is 13.5. The molecule has 174 valence electrons. The molecule has 6 rings (SSSR count). The van der Waals surface area contributed by atoms with Crippen molar-refractivity contribution in [2.45, 2.75) is 57.4 Å². The fraction of sp³-hybridized carbons (Fsp3) is 0.393. The third-order valence-electron chi connectivity index (χ3n) is 7.12. The number of piperidine rings is 1. The van der Waals surface area contributed by atoms with Gasteiger partial charge in [0.25, 0.3) is 0 Å². The van der Waals surface area contributed by atoms with Crippen LogP contribution in [0.25, 0.3) is 21.6 Å². The highest BCUT2D eigenvalue weighted by molar-refractivity contribution is 7.17. The fourth-order valence-electron chi connectivity index (χ4n) is 5.25. The van der Waals surface area contributed by atoms with Crippen molar-refractivity contribution < 1.29 is 0 Å². The summed E-state index contributed by atoms with van der Waals surface area (Å²) in [5.41, 5.74) is 5.70.